The van der Waals surface area contributed by atoms with E-state index in [-0.39, 0.29) is 0 Å². The molecule has 5 nitrogen and oxygen atoms in total. The van der Waals surface area contributed by atoms with Gasteiger partial charge >= 0.3 is 11.8 Å². The van der Waals surface area contributed by atoms with E-state index in [2.05, 4.69) is 22.7 Å². The highest BCUT2D eigenvalue weighted by Gasteiger charge is 2.08. The highest BCUT2D eigenvalue weighted by Crippen LogP contribution is 2.15. The number of hydrogen-bond acceptors (Lipinski definition) is 3. The Balaban J connectivity index is 2.29. The Labute approximate surface area is 82.0 Å². The standard InChI is InChI=1S/C9H13N3O2/c10-8(13)9(14)12-11-6-7-4-2-1-3-5-7/h1-2,6-7H,3-5H2,(H2,10,13)(H,12,14). The summed E-state index contributed by atoms with van der Waals surface area (Å²) >= 11 is 0. The van der Waals surface area contributed by atoms with Crippen LogP contribution in [-0.2, 0) is 9.59 Å². The number of hydrogen-bond donors (Lipinski definition) is 2. The van der Waals surface area contributed by atoms with Crippen molar-refractivity contribution in [2.75, 3.05) is 0 Å². The van der Waals surface area contributed by atoms with Crippen LogP contribution in [0.1, 0.15) is 19.3 Å². The SMILES string of the molecule is NC(=O)C(=O)NN=CC1CC=CCC1. The molecule has 5 heteroatoms. The Hall–Kier alpha value is -1.65. The maximum Gasteiger partial charge on any atom is 0.329 e. The van der Waals surface area contributed by atoms with E-state index in [4.69, 9.17) is 5.73 Å². The smallest absolute Gasteiger partial charge is 0.329 e. The Morgan fingerprint density at radius 3 is 2.86 bits per heavy atom. The molecule has 1 aliphatic rings. The van der Waals surface area contributed by atoms with Gasteiger partial charge in [-0.25, -0.2) is 5.43 Å². The number of nitrogens with two attached hydrogens (primary N) is 1. The summed E-state index contributed by atoms with van der Waals surface area (Å²) in [6.45, 7) is 0. The number of primary amides is 1. The molecule has 1 unspecified atom stereocenters. The molecule has 0 saturated carbocycles. The van der Waals surface area contributed by atoms with Crippen molar-refractivity contribution in [2.45, 2.75) is 19.3 Å². The zero-order valence-electron chi connectivity index (χ0n) is 7.77. The van der Waals surface area contributed by atoms with Gasteiger partial charge in [-0.3, -0.25) is 9.59 Å². The topological polar surface area (TPSA) is 84.5 Å². The third kappa shape index (κ3) is 3.38. The van der Waals surface area contributed by atoms with E-state index in [0.29, 0.717) is 5.92 Å². The summed E-state index contributed by atoms with van der Waals surface area (Å²) in [6.07, 6.45) is 8.82. The summed E-state index contributed by atoms with van der Waals surface area (Å²) in [5.74, 6) is -1.56. The molecule has 2 amide bonds. The van der Waals surface area contributed by atoms with E-state index < -0.39 is 11.8 Å². The molecule has 3 N–H and O–H groups in total. The van der Waals surface area contributed by atoms with Crippen LogP contribution >= 0.6 is 0 Å². The lowest BCUT2D eigenvalue weighted by molar-refractivity contribution is -0.137. The first-order valence-corrected chi connectivity index (χ1v) is 4.48. The van der Waals surface area contributed by atoms with Gasteiger partial charge < -0.3 is 5.73 Å². The fourth-order valence-corrected chi connectivity index (χ4v) is 1.21. The Bertz CT molecular complexity index is 284. The third-order valence-corrected chi connectivity index (χ3v) is 1.98. The Kier molecular flexibility index (Phi) is 3.84. The van der Waals surface area contributed by atoms with Gasteiger partial charge in [-0.05, 0) is 25.2 Å². The molecule has 0 aliphatic heterocycles. The summed E-state index contributed by atoms with van der Waals surface area (Å²) in [5.41, 5.74) is 6.78. The van der Waals surface area contributed by atoms with Crippen molar-refractivity contribution in [3.05, 3.63) is 12.2 Å². The monoisotopic (exact) mass is 195 g/mol. The van der Waals surface area contributed by atoms with Gasteiger partial charge in [0, 0.05) is 6.21 Å². The summed E-state index contributed by atoms with van der Waals surface area (Å²) in [4.78, 5) is 21.0. The number of carbonyl (C=O) groups excluding carboxylic acids is 2. The second-order valence-electron chi connectivity index (χ2n) is 3.13. The molecule has 0 bridgehead atoms. The van der Waals surface area contributed by atoms with Gasteiger partial charge in [0.2, 0.25) is 0 Å². The van der Waals surface area contributed by atoms with E-state index in [1.54, 1.807) is 6.21 Å². The summed E-state index contributed by atoms with van der Waals surface area (Å²) in [6, 6.07) is 0. The van der Waals surface area contributed by atoms with Crippen molar-refractivity contribution in [3.63, 3.8) is 0 Å². The fourth-order valence-electron chi connectivity index (χ4n) is 1.21. The van der Waals surface area contributed by atoms with Gasteiger partial charge in [0.1, 0.15) is 0 Å². The second kappa shape index (κ2) is 5.16. The van der Waals surface area contributed by atoms with Crippen LogP contribution in [-0.4, -0.2) is 18.0 Å². The quantitative estimate of drug-likeness (QED) is 0.280. The first-order valence-electron chi connectivity index (χ1n) is 4.48. The molecule has 0 aromatic heterocycles. The minimum absolute atomic E-state index is 0.341. The zero-order chi connectivity index (χ0) is 10.4. The van der Waals surface area contributed by atoms with Gasteiger partial charge in [0.05, 0.1) is 0 Å². The predicted molar refractivity (Wildman–Crippen MR) is 52.3 cm³/mol. The molecule has 0 radical (unpaired) electrons. The normalized spacial score (nSPS) is 21.0. The second-order valence-corrected chi connectivity index (χ2v) is 3.13. The zero-order valence-corrected chi connectivity index (χ0v) is 7.77. The number of amides is 2. The average molecular weight is 195 g/mol. The molecule has 0 aromatic carbocycles. The number of nitrogens with one attached hydrogen (secondary N) is 1. The van der Waals surface area contributed by atoms with Crippen LogP contribution in [0.2, 0.25) is 0 Å². The molecule has 1 atom stereocenters. The van der Waals surface area contributed by atoms with Gasteiger partial charge in [0.15, 0.2) is 0 Å². The van der Waals surface area contributed by atoms with E-state index in [1.165, 1.54) is 0 Å². The molecule has 0 aromatic rings. The third-order valence-electron chi connectivity index (χ3n) is 1.98. The van der Waals surface area contributed by atoms with Gasteiger partial charge in [-0.1, -0.05) is 12.2 Å². The van der Waals surface area contributed by atoms with E-state index in [9.17, 15) is 9.59 Å². The molecule has 1 aliphatic carbocycles. The molecule has 76 valence electrons. The van der Waals surface area contributed by atoms with Crippen LogP contribution in [0.5, 0.6) is 0 Å². The van der Waals surface area contributed by atoms with E-state index in [0.717, 1.165) is 19.3 Å². The lowest BCUT2D eigenvalue weighted by Gasteiger charge is -2.11. The predicted octanol–water partition coefficient (Wildman–Crippen LogP) is -0.0700. The van der Waals surface area contributed by atoms with Crippen LogP contribution in [0.25, 0.3) is 0 Å². The number of hydrazone groups is 1. The summed E-state index contributed by atoms with van der Waals surface area (Å²) in [5, 5.41) is 3.66. The summed E-state index contributed by atoms with van der Waals surface area (Å²) < 4.78 is 0. The number of rotatable bonds is 2. The molecule has 0 heterocycles. The van der Waals surface area contributed by atoms with Crippen LogP contribution in [0.3, 0.4) is 0 Å². The van der Waals surface area contributed by atoms with E-state index in [1.807, 2.05) is 0 Å². The van der Waals surface area contributed by atoms with Crippen molar-refractivity contribution in [1.29, 1.82) is 0 Å². The first kappa shape index (κ1) is 10.4. The molecule has 1 rings (SSSR count). The Morgan fingerprint density at radius 1 is 1.50 bits per heavy atom. The van der Waals surface area contributed by atoms with Crippen molar-refractivity contribution < 1.29 is 9.59 Å². The van der Waals surface area contributed by atoms with Crippen molar-refractivity contribution >= 4 is 18.0 Å². The largest absolute Gasteiger partial charge is 0.361 e. The minimum atomic E-state index is -1.02. The molecule has 0 fully saturated rings. The minimum Gasteiger partial charge on any atom is -0.361 e. The average Bonchev–Trinajstić information content (AvgIpc) is 2.19. The fraction of sp³-hybridized carbons (Fsp3) is 0.444. The molecular formula is C9H13N3O2. The molecule has 0 saturated heterocycles. The molecule has 14 heavy (non-hydrogen) atoms. The number of nitrogens with zero attached hydrogens (tertiary/aromatic N) is 1. The van der Waals surface area contributed by atoms with Gasteiger partial charge in [-0.15, -0.1) is 0 Å². The lowest BCUT2D eigenvalue weighted by Crippen LogP contribution is -2.33. The van der Waals surface area contributed by atoms with Gasteiger partial charge in [-0.2, -0.15) is 5.10 Å². The highest BCUT2D eigenvalue weighted by molar-refractivity contribution is 6.34. The summed E-state index contributed by atoms with van der Waals surface area (Å²) in [7, 11) is 0. The molecular weight excluding hydrogens is 182 g/mol. The Morgan fingerprint density at radius 2 is 2.29 bits per heavy atom. The lowest BCUT2D eigenvalue weighted by atomic mass is 9.96. The van der Waals surface area contributed by atoms with Crippen molar-refractivity contribution in [3.8, 4) is 0 Å². The van der Waals surface area contributed by atoms with E-state index >= 15 is 0 Å². The first-order chi connectivity index (χ1) is 6.70. The van der Waals surface area contributed by atoms with Crippen molar-refractivity contribution in [1.82, 2.24) is 5.43 Å². The van der Waals surface area contributed by atoms with Crippen LogP contribution < -0.4 is 11.2 Å². The van der Waals surface area contributed by atoms with Crippen LogP contribution in [0.4, 0.5) is 0 Å². The molecule has 0 spiro atoms. The van der Waals surface area contributed by atoms with Crippen LogP contribution in [0.15, 0.2) is 17.3 Å². The number of allylic oxidation sites excluding steroid dienone is 2. The number of carbonyl (C=O) groups is 2. The maximum atomic E-state index is 10.7. The maximum absolute atomic E-state index is 10.7. The van der Waals surface area contributed by atoms with Gasteiger partial charge in [0.25, 0.3) is 0 Å². The highest BCUT2D eigenvalue weighted by atomic mass is 16.2. The van der Waals surface area contributed by atoms with Crippen LogP contribution in [0, 0.1) is 5.92 Å². The van der Waals surface area contributed by atoms with Crippen molar-refractivity contribution in [2.24, 2.45) is 16.8 Å².